The number of halogens is 1. The number of oxazole rings is 1. The first-order valence-corrected chi connectivity index (χ1v) is 8.61. The number of amides is 3. The summed E-state index contributed by atoms with van der Waals surface area (Å²) in [6, 6.07) is 6.85. The standard InChI is InChI=1S/C17H16BrN4O3/c1-9-10(2)25-16-19-14-13(22(9)16)15(23)21(17(24)20(14)3)8-11-4-6-12(18)7-5-11/h4-7,13H,8H2,1-3H3/q+1. The monoisotopic (exact) mass is 403 g/mol. The maximum Gasteiger partial charge on any atom is 0.507 e. The molecular formula is C17H16BrN4O3+. The minimum absolute atomic E-state index is 0.213. The van der Waals surface area contributed by atoms with Gasteiger partial charge in [-0.05, 0) is 24.6 Å². The number of benzene rings is 1. The SMILES string of the molecule is Cc1oc2[n+](c1C)C1C(=O)N(Cc3ccc(Br)cc3)C(=O)N(C)C1=N2. The normalized spacial score (nSPS) is 19.2. The fourth-order valence-electron chi connectivity index (χ4n) is 3.15. The number of carbonyl (C=O) groups excluding carboxylic acids is 2. The molecule has 1 aromatic heterocycles. The van der Waals surface area contributed by atoms with Gasteiger partial charge in [-0.15, -0.1) is 0 Å². The summed E-state index contributed by atoms with van der Waals surface area (Å²) in [6.07, 6.45) is 0. The van der Waals surface area contributed by atoms with Gasteiger partial charge in [0.25, 0.3) is 17.8 Å². The van der Waals surface area contributed by atoms with E-state index in [1.807, 2.05) is 38.1 Å². The van der Waals surface area contributed by atoms with Gasteiger partial charge in [-0.2, -0.15) is 4.57 Å². The van der Waals surface area contributed by atoms with Crippen LogP contribution in [0.15, 0.2) is 38.1 Å². The molecule has 3 heterocycles. The molecule has 4 rings (SSSR count). The topological polar surface area (TPSA) is 70.0 Å². The van der Waals surface area contributed by atoms with E-state index in [2.05, 4.69) is 20.9 Å². The van der Waals surface area contributed by atoms with Crippen LogP contribution in [0, 0.1) is 13.8 Å². The molecule has 2 aliphatic heterocycles. The van der Waals surface area contributed by atoms with Crippen LogP contribution in [0.2, 0.25) is 0 Å². The van der Waals surface area contributed by atoms with Crippen LogP contribution >= 0.6 is 15.9 Å². The van der Waals surface area contributed by atoms with Crippen molar-refractivity contribution in [1.29, 1.82) is 0 Å². The van der Waals surface area contributed by atoms with Crippen molar-refractivity contribution in [3.8, 4) is 0 Å². The molecule has 25 heavy (non-hydrogen) atoms. The van der Waals surface area contributed by atoms with E-state index in [0.29, 0.717) is 17.6 Å². The quantitative estimate of drug-likeness (QED) is 0.723. The molecule has 2 aliphatic rings. The Morgan fingerprint density at radius 1 is 1.24 bits per heavy atom. The van der Waals surface area contributed by atoms with Crippen molar-refractivity contribution in [2.45, 2.75) is 26.4 Å². The Bertz CT molecular complexity index is 932. The maximum atomic E-state index is 13.1. The predicted octanol–water partition coefficient (Wildman–Crippen LogP) is 2.63. The molecule has 0 saturated carbocycles. The number of fused-ring (bicyclic) bond motifs is 3. The van der Waals surface area contributed by atoms with Gasteiger partial charge in [0.05, 0.1) is 6.54 Å². The van der Waals surface area contributed by atoms with Crippen molar-refractivity contribution in [1.82, 2.24) is 9.80 Å². The third-order valence-electron chi connectivity index (χ3n) is 4.65. The minimum Gasteiger partial charge on any atom is -0.389 e. The summed E-state index contributed by atoms with van der Waals surface area (Å²) in [5.41, 5.74) is 1.71. The summed E-state index contributed by atoms with van der Waals surface area (Å²) >= 11 is 3.38. The second kappa shape index (κ2) is 5.52. The number of aliphatic imine (C=N–C) groups is 1. The van der Waals surface area contributed by atoms with Crippen LogP contribution in [-0.2, 0) is 11.3 Å². The summed E-state index contributed by atoms with van der Waals surface area (Å²) in [6.45, 7) is 3.92. The van der Waals surface area contributed by atoms with Crippen LogP contribution in [0.3, 0.4) is 0 Å². The van der Waals surface area contributed by atoms with Crippen LogP contribution in [0.5, 0.6) is 0 Å². The number of imide groups is 1. The zero-order chi connectivity index (χ0) is 17.9. The van der Waals surface area contributed by atoms with Crippen molar-refractivity contribution in [2.24, 2.45) is 4.99 Å². The lowest BCUT2D eigenvalue weighted by Gasteiger charge is -2.32. The number of likely N-dealkylation sites (N-methyl/N-ethyl adjacent to an activating group) is 1. The van der Waals surface area contributed by atoms with Crippen molar-refractivity contribution in [2.75, 3.05) is 7.05 Å². The molecule has 1 unspecified atom stereocenters. The minimum atomic E-state index is -0.661. The van der Waals surface area contributed by atoms with Gasteiger partial charge >= 0.3 is 12.0 Å². The lowest BCUT2D eigenvalue weighted by Crippen LogP contribution is -2.63. The molecule has 1 aromatic carbocycles. The fraction of sp³-hybridized carbons (Fsp3) is 0.294. The third-order valence-corrected chi connectivity index (χ3v) is 5.18. The number of rotatable bonds is 2. The van der Waals surface area contributed by atoms with Crippen LogP contribution in [-0.4, -0.2) is 34.6 Å². The van der Waals surface area contributed by atoms with Crippen LogP contribution in [0.4, 0.5) is 10.8 Å². The van der Waals surface area contributed by atoms with Gasteiger partial charge in [0.2, 0.25) is 0 Å². The first-order chi connectivity index (χ1) is 11.9. The van der Waals surface area contributed by atoms with Crippen LogP contribution in [0.1, 0.15) is 23.1 Å². The molecule has 128 valence electrons. The highest BCUT2D eigenvalue weighted by atomic mass is 79.9. The molecule has 8 heteroatoms. The Morgan fingerprint density at radius 3 is 2.60 bits per heavy atom. The average molecular weight is 404 g/mol. The molecule has 1 fully saturated rings. The Labute approximate surface area is 152 Å². The van der Waals surface area contributed by atoms with Crippen molar-refractivity contribution in [3.63, 3.8) is 0 Å². The molecule has 0 aliphatic carbocycles. The van der Waals surface area contributed by atoms with Gasteiger partial charge in [0.1, 0.15) is 5.69 Å². The molecule has 7 nitrogen and oxygen atoms in total. The Morgan fingerprint density at radius 2 is 1.92 bits per heavy atom. The van der Waals surface area contributed by atoms with Crippen molar-refractivity contribution in [3.05, 3.63) is 45.8 Å². The third kappa shape index (κ3) is 2.31. The van der Waals surface area contributed by atoms with Gasteiger partial charge in [0.15, 0.2) is 5.76 Å². The summed E-state index contributed by atoms with van der Waals surface area (Å²) in [4.78, 5) is 32.8. The number of hydrogen-bond donors (Lipinski definition) is 0. The van der Waals surface area contributed by atoms with Crippen molar-refractivity contribution < 1.29 is 18.6 Å². The number of urea groups is 1. The van der Waals surface area contributed by atoms with Crippen LogP contribution < -0.4 is 4.57 Å². The highest BCUT2D eigenvalue weighted by molar-refractivity contribution is 9.10. The van der Waals surface area contributed by atoms with E-state index in [1.165, 1.54) is 9.80 Å². The smallest absolute Gasteiger partial charge is 0.389 e. The molecular weight excluding hydrogens is 388 g/mol. The molecule has 0 spiro atoms. The highest BCUT2D eigenvalue weighted by Gasteiger charge is 2.55. The van der Waals surface area contributed by atoms with E-state index in [4.69, 9.17) is 4.42 Å². The summed E-state index contributed by atoms with van der Waals surface area (Å²) in [5.74, 6) is 0.825. The largest absolute Gasteiger partial charge is 0.507 e. The Hall–Kier alpha value is -2.48. The molecule has 2 aromatic rings. The number of nitrogens with zero attached hydrogens (tertiary/aromatic N) is 4. The zero-order valence-electron chi connectivity index (χ0n) is 14.0. The number of aryl methyl sites for hydroxylation is 1. The first-order valence-electron chi connectivity index (χ1n) is 7.82. The summed E-state index contributed by atoms with van der Waals surface area (Å²) in [5, 5.41) is 0. The van der Waals surface area contributed by atoms with Crippen molar-refractivity contribution >= 4 is 39.7 Å². The molecule has 0 N–H and O–H groups in total. The summed E-state index contributed by atoms with van der Waals surface area (Å²) in [7, 11) is 1.63. The van der Waals surface area contributed by atoms with E-state index in [1.54, 1.807) is 11.6 Å². The number of aromatic nitrogens is 1. The van der Waals surface area contributed by atoms with Gasteiger partial charge < -0.3 is 4.42 Å². The first kappa shape index (κ1) is 16.0. The van der Waals surface area contributed by atoms with Crippen LogP contribution in [0.25, 0.3) is 0 Å². The molecule has 0 bridgehead atoms. The van der Waals surface area contributed by atoms with Gasteiger partial charge in [-0.1, -0.05) is 28.1 Å². The molecule has 1 saturated heterocycles. The lowest BCUT2D eigenvalue weighted by molar-refractivity contribution is -0.685. The van der Waals surface area contributed by atoms with Gasteiger partial charge in [-0.3, -0.25) is 14.6 Å². The molecule has 1 atom stereocenters. The van der Waals surface area contributed by atoms with E-state index in [9.17, 15) is 9.59 Å². The molecule has 3 amide bonds. The number of carbonyl (C=O) groups is 2. The zero-order valence-corrected chi connectivity index (χ0v) is 15.6. The summed E-state index contributed by atoms with van der Waals surface area (Å²) < 4.78 is 8.31. The predicted molar refractivity (Wildman–Crippen MR) is 92.4 cm³/mol. The second-order valence-electron chi connectivity index (χ2n) is 6.16. The highest BCUT2D eigenvalue weighted by Crippen LogP contribution is 2.31. The number of amidine groups is 1. The Kier molecular flexibility index (Phi) is 3.54. The van der Waals surface area contributed by atoms with E-state index >= 15 is 0 Å². The fourth-order valence-corrected chi connectivity index (χ4v) is 3.41. The Balaban J connectivity index is 1.73. The molecule has 0 radical (unpaired) electrons. The maximum absolute atomic E-state index is 13.1. The second-order valence-corrected chi connectivity index (χ2v) is 7.08. The average Bonchev–Trinajstić information content (AvgIpc) is 3.08. The van der Waals surface area contributed by atoms with Gasteiger partial charge in [-0.25, -0.2) is 4.79 Å². The van der Waals surface area contributed by atoms with E-state index < -0.39 is 6.04 Å². The lowest BCUT2D eigenvalue weighted by atomic mass is 10.1. The van der Waals surface area contributed by atoms with Gasteiger partial charge in [0, 0.05) is 23.4 Å². The van der Waals surface area contributed by atoms with E-state index in [-0.39, 0.29) is 18.5 Å². The number of hydrogen-bond acceptors (Lipinski definition) is 4. The van der Waals surface area contributed by atoms with E-state index in [0.717, 1.165) is 15.7 Å².